The third-order valence-corrected chi connectivity index (χ3v) is 8.83. The van der Waals surface area contributed by atoms with Crippen LogP contribution in [-0.2, 0) is 27.8 Å². The number of phenolic OH excluding ortho intramolecular Hbond substituents is 1. The van der Waals surface area contributed by atoms with Gasteiger partial charge in [-0.1, -0.05) is 36.4 Å². The van der Waals surface area contributed by atoms with Crippen molar-refractivity contribution in [3.63, 3.8) is 0 Å². The zero-order valence-corrected chi connectivity index (χ0v) is 21.5. The number of aryl methyl sites for hydroxylation is 1. The summed E-state index contributed by atoms with van der Waals surface area (Å²) in [6.45, 7) is 1.64. The number of halogens is 1. The molecule has 5 nitrogen and oxygen atoms in total. The van der Waals surface area contributed by atoms with Gasteiger partial charge in [-0.3, -0.25) is 4.79 Å². The lowest BCUT2D eigenvalue weighted by molar-refractivity contribution is -0.931. The van der Waals surface area contributed by atoms with E-state index in [4.69, 9.17) is 9.47 Å². The summed E-state index contributed by atoms with van der Waals surface area (Å²) in [6, 6.07) is 14.6. The summed E-state index contributed by atoms with van der Waals surface area (Å²) in [5, 5.41) is 10.6. The molecule has 1 saturated carbocycles. The normalized spacial score (nSPS) is 32.5. The van der Waals surface area contributed by atoms with Gasteiger partial charge in [0.15, 0.2) is 23.4 Å². The van der Waals surface area contributed by atoms with Crippen molar-refractivity contribution in [3.8, 4) is 11.5 Å². The predicted octanol–water partition coefficient (Wildman–Crippen LogP) is 0.551. The van der Waals surface area contributed by atoms with Crippen molar-refractivity contribution >= 4 is 5.78 Å². The molecule has 6 heteroatoms. The maximum absolute atomic E-state index is 13.2. The van der Waals surface area contributed by atoms with Gasteiger partial charge < -0.3 is 43.0 Å². The standard InChI is InChI=1S/C27H31NO4.HI/c1-28(2)15-14-26-23-19-10-11-20(29)24(23)32-25(26)21(30)12-13-27(26,22(28)17-19)31-16-6-9-18-7-4-3-5-8-18;/h3-5,7-8,10-11,22,25H,6,9,12-17H2,1-2H3;1H/t22?,25?,26-,27+;/m0./s1. The summed E-state index contributed by atoms with van der Waals surface area (Å²) < 4.78 is 14.2. The van der Waals surface area contributed by atoms with Crippen molar-refractivity contribution < 1.29 is 47.8 Å². The maximum atomic E-state index is 13.2. The minimum Gasteiger partial charge on any atom is -1.00 e. The number of likely N-dealkylation sites (N-methyl/N-ethyl adjacent to an activating group) is 1. The maximum Gasteiger partial charge on any atom is 0.174 e. The van der Waals surface area contributed by atoms with E-state index in [1.165, 1.54) is 11.1 Å². The Morgan fingerprint density at radius 2 is 1.94 bits per heavy atom. The lowest BCUT2D eigenvalue weighted by Crippen LogP contribution is -3.00. The monoisotopic (exact) mass is 561 g/mol. The van der Waals surface area contributed by atoms with Crippen LogP contribution in [0.4, 0.5) is 0 Å². The molecule has 2 aliphatic heterocycles. The van der Waals surface area contributed by atoms with E-state index < -0.39 is 17.1 Å². The molecule has 1 N–H and O–H groups in total. The van der Waals surface area contributed by atoms with Crippen LogP contribution in [0.1, 0.15) is 42.4 Å². The highest BCUT2D eigenvalue weighted by molar-refractivity contribution is 5.90. The van der Waals surface area contributed by atoms with Gasteiger partial charge in [0.05, 0.1) is 26.1 Å². The molecule has 1 saturated heterocycles. The summed E-state index contributed by atoms with van der Waals surface area (Å²) in [4.78, 5) is 13.2. The number of nitrogens with zero attached hydrogens (tertiary/aromatic N) is 1. The fraction of sp³-hybridized carbons (Fsp3) is 0.519. The molecule has 4 atom stereocenters. The van der Waals surface area contributed by atoms with Gasteiger partial charge >= 0.3 is 0 Å². The highest BCUT2D eigenvalue weighted by Crippen LogP contribution is 2.66. The molecule has 2 heterocycles. The van der Waals surface area contributed by atoms with Crippen LogP contribution in [0.2, 0.25) is 0 Å². The molecule has 2 unspecified atom stereocenters. The Kier molecular flexibility index (Phi) is 5.57. The lowest BCUT2D eigenvalue weighted by atomic mass is 9.48. The molecule has 2 bridgehead atoms. The number of phenols is 1. The Morgan fingerprint density at radius 1 is 1.15 bits per heavy atom. The first-order valence-electron chi connectivity index (χ1n) is 11.9. The number of benzene rings is 2. The van der Waals surface area contributed by atoms with Crippen molar-refractivity contribution in [1.82, 2.24) is 0 Å². The second-order valence-corrected chi connectivity index (χ2v) is 10.7. The number of hydrogen-bond donors (Lipinski definition) is 1. The van der Waals surface area contributed by atoms with Crippen molar-refractivity contribution in [2.24, 2.45) is 0 Å². The van der Waals surface area contributed by atoms with Crippen LogP contribution in [0, 0.1) is 0 Å². The predicted molar refractivity (Wildman–Crippen MR) is 121 cm³/mol. The highest BCUT2D eigenvalue weighted by atomic mass is 127. The topological polar surface area (TPSA) is 55.8 Å². The number of Topliss-reactive ketones (excluding diaryl/α,β-unsaturated/α-hetero) is 1. The van der Waals surface area contributed by atoms with Gasteiger partial charge in [0.1, 0.15) is 11.6 Å². The number of ether oxygens (including phenoxy) is 2. The number of piperidine rings is 1. The van der Waals surface area contributed by atoms with E-state index in [2.05, 4.69) is 38.4 Å². The Hall–Kier alpha value is -1.64. The Bertz CT molecular complexity index is 1090. The number of hydrogen-bond acceptors (Lipinski definition) is 4. The largest absolute Gasteiger partial charge is 1.00 e. The van der Waals surface area contributed by atoms with Crippen LogP contribution in [0.5, 0.6) is 11.5 Å². The quantitative estimate of drug-likeness (QED) is 0.330. The van der Waals surface area contributed by atoms with Crippen molar-refractivity contribution in [2.45, 2.75) is 61.7 Å². The first-order valence-corrected chi connectivity index (χ1v) is 11.9. The van der Waals surface area contributed by atoms with Crippen molar-refractivity contribution in [1.29, 1.82) is 0 Å². The molecule has 6 rings (SSSR count). The molecule has 0 radical (unpaired) electrons. The van der Waals surface area contributed by atoms with E-state index >= 15 is 0 Å². The van der Waals surface area contributed by atoms with Gasteiger partial charge in [-0.25, -0.2) is 0 Å². The minimum atomic E-state index is -0.546. The Balaban J connectivity index is 0.00000228. The average Bonchev–Trinajstić information content (AvgIpc) is 3.15. The van der Waals surface area contributed by atoms with Gasteiger partial charge in [-0.05, 0) is 36.5 Å². The summed E-state index contributed by atoms with van der Waals surface area (Å²) in [5.41, 5.74) is 2.67. The molecule has 2 fully saturated rings. The number of rotatable bonds is 5. The Labute approximate surface area is 212 Å². The second kappa shape index (κ2) is 7.95. The van der Waals surface area contributed by atoms with E-state index in [1.54, 1.807) is 6.07 Å². The number of likely N-dealkylation sites (tertiary alicyclic amines) is 1. The van der Waals surface area contributed by atoms with Crippen LogP contribution in [-0.4, -0.2) is 60.4 Å². The number of quaternary nitrogens is 1. The molecular formula is C27H32INO4. The van der Waals surface area contributed by atoms with E-state index in [1.807, 2.05) is 12.1 Å². The number of ketones is 1. The van der Waals surface area contributed by atoms with E-state index in [-0.39, 0.29) is 41.6 Å². The van der Waals surface area contributed by atoms with Crippen LogP contribution in [0.3, 0.4) is 0 Å². The number of carbonyl (C=O) groups is 1. The van der Waals surface area contributed by atoms with Crippen LogP contribution in [0.15, 0.2) is 42.5 Å². The zero-order chi connectivity index (χ0) is 22.1. The fourth-order valence-electron chi connectivity index (χ4n) is 7.39. The van der Waals surface area contributed by atoms with Crippen LogP contribution in [0.25, 0.3) is 0 Å². The SMILES string of the molecule is C[N+]1(C)CC[C@]23c4c5ccc(O)c4OC2C(=O)CC[C@@]3(OCCCc2ccccc2)C1C5.[I-]. The number of carbonyl (C=O) groups excluding carboxylic acids is 1. The smallest absolute Gasteiger partial charge is 0.174 e. The fourth-order valence-corrected chi connectivity index (χ4v) is 7.39. The molecule has 1 spiro atoms. The van der Waals surface area contributed by atoms with Crippen LogP contribution >= 0.6 is 0 Å². The molecular weight excluding hydrogens is 529 g/mol. The molecule has 33 heavy (non-hydrogen) atoms. The molecule has 0 aromatic heterocycles. The molecule has 2 aromatic carbocycles. The third kappa shape index (κ3) is 3.06. The first kappa shape index (κ1) is 23.1. The van der Waals surface area contributed by atoms with Gasteiger partial charge in [0.2, 0.25) is 0 Å². The van der Waals surface area contributed by atoms with E-state index in [0.29, 0.717) is 18.8 Å². The second-order valence-electron chi connectivity index (χ2n) is 10.7. The molecule has 0 amide bonds. The Morgan fingerprint density at radius 3 is 2.73 bits per heavy atom. The van der Waals surface area contributed by atoms with Crippen molar-refractivity contribution in [3.05, 3.63) is 59.2 Å². The van der Waals surface area contributed by atoms with Crippen molar-refractivity contribution in [2.75, 3.05) is 27.2 Å². The average molecular weight is 561 g/mol. The molecule has 176 valence electrons. The molecule has 2 aliphatic carbocycles. The minimum absolute atomic E-state index is 0. The lowest BCUT2D eigenvalue weighted by Gasteiger charge is -2.65. The molecule has 2 aromatic rings. The number of aromatic hydroxyl groups is 1. The summed E-state index contributed by atoms with van der Waals surface area (Å²) in [5.74, 6) is 0.838. The summed E-state index contributed by atoms with van der Waals surface area (Å²) in [7, 11) is 4.61. The van der Waals surface area contributed by atoms with Gasteiger partial charge in [0.25, 0.3) is 0 Å². The van der Waals surface area contributed by atoms with Gasteiger partial charge in [0, 0.05) is 31.4 Å². The zero-order valence-electron chi connectivity index (χ0n) is 19.4. The van der Waals surface area contributed by atoms with Gasteiger partial charge in [-0.15, -0.1) is 0 Å². The van der Waals surface area contributed by atoms with E-state index in [0.717, 1.165) is 48.7 Å². The van der Waals surface area contributed by atoms with E-state index in [9.17, 15) is 9.90 Å². The summed E-state index contributed by atoms with van der Waals surface area (Å²) in [6.07, 6.45) is 4.32. The van der Waals surface area contributed by atoms with Crippen LogP contribution < -0.4 is 28.7 Å². The third-order valence-electron chi connectivity index (χ3n) is 8.83. The first-order chi connectivity index (χ1) is 15.4. The highest BCUT2D eigenvalue weighted by Gasteiger charge is 2.77. The summed E-state index contributed by atoms with van der Waals surface area (Å²) >= 11 is 0. The molecule has 4 aliphatic rings. The van der Waals surface area contributed by atoms with Gasteiger partial charge in [-0.2, -0.15) is 0 Å².